The maximum atomic E-state index is 11.7. The van der Waals surface area contributed by atoms with Gasteiger partial charge in [0.15, 0.2) is 5.16 Å². The van der Waals surface area contributed by atoms with E-state index in [0.717, 1.165) is 25.2 Å². The van der Waals surface area contributed by atoms with Gasteiger partial charge in [-0.25, -0.2) is 9.97 Å². The Morgan fingerprint density at radius 2 is 2.37 bits per heavy atom. The number of hydrogen-bond acceptors (Lipinski definition) is 5. The summed E-state index contributed by atoms with van der Waals surface area (Å²) in [7, 11) is 1.68. The van der Waals surface area contributed by atoms with Crippen LogP contribution in [-0.4, -0.2) is 42.3 Å². The van der Waals surface area contributed by atoms with E-state index in [2.05, 4.69) is 20.2 Å². The highest BCUT2D eigenvalue weighted by Crippen LogP contribution is 2.25. The molecule has 1 fully saturated rings. The van der Waals surface area contributed by atoms with Crippen LogP contribution in [-0.2, 0) is 4.79 Å². The third-order valence-electron chi connectivity index (χ3n) is 3.21. The number of thioether (sulfide) groups is 1. The Morgan fingerprint density at radius 1 is 1.58 bits per heavy atom. The topological polar surface area (TPSA) is 58.1 Å². The van der Waals surface area contributed by atoms with Gasteiger partial charge in [0.2, 0.25) is 5.91 Å². The molecule has 1 atom stereocenters. The summed E-state index contributed by atoms with van der Waals surface area (Å²) in [6, 6.07) is 1.76. The molecule has 0 bridgehead atoms. The van der Waals surface area contributed by atoms with E-state index in [1.165, 1.54) is 11.8 Å². The summed E-state index contributed by atoms with van der Waals surface area (Å²) in [5.41, 5.74) is 0. The van der Waals surface area contributed by atoms with Crippen LogP contribution in [0.1, 0.15) is 12.8 Å². The molecule has 1 aliphatic heterocycles. The molecule has 1 N–H and O–H groups in total. The predicted octanol–water partition coefficient (Wildman–Crippen LogP) is 1.81. The van der Waals surface area contributed by atoms with E-state index in [9.17, 15) is 4.79 Å². The first-order valence-corrected chi connectivity index (χ1v) is 7.79. The predicted molar refractivity (Wildman–Crippen MR) is 77.8 cm³/mol. The zero-order chi connectivity index (χ0) is 13.8. The third-order valence-corrected chi connectivity index (χ3v) is 3.95. The molecular weight excluding hydrogens is 284 g/mol. The van der Waals surface area contributed by atoms with Crippen molar-refractivity contribution in [1.29, 1.82) is 0 Å². The molecule has 0 saturated carbocycles. The lowest BCUT2D eigenvalue weighted by atomic mass is 9.97. The molecule has 0 radical (unpaired) electrons. The highest BCUT2D eigenvalue weighted by atomic mass is 35.5. The summed E-state index contributed by atoms with van der Waals surface area (Å²) in [4.78, 5) is 22.4. The Balaban J connectivity index is 2.17. The van der Waals surface area contributed by atoms with Crippen molar-refractivity contribution in [1.82, 2.24) is 15.3 Å². The average Bonchev–Trinajstić information content (AvgIpc) is 2.45. The van der Waals surface area contributed by atoms with Crippen LogP contribution in [0.15, 0.2) is 11.2 Å². The van der Waals surface area contributed by atoms with Crippen molar-refractivity contribution in [2.75, 3.05) is 31.3 Å². The van der Waals surface area contributed by atoms with Crippen molar-refractivity contribution < 1.29 is 4.79 Å². The summed E-state index contributed by atoms with van der Waals surface area (Å²) in [5, 5.41) is 3.81. The molecule has 1 aromatic heterocycles. The van der Waals surface area contributed by atoms with Gasteiger partial charge in [0, 0.05) is 26.2 Å². The van der Waals surface area contributed by atoms with Gasteiger partial charge in [-0.3, -0.25) is 4.79 Å². The lowest BCUT2D eigenvalue weighted by molar-refractivity contribution is -0.124. The number of rotatable bonds is 3. The minimum Gasteiger partial charge on any atom is -0.359 e. The minimum absolute atomic E-state index is 0.0187. The van der Waals surface area contributed by atoms with Crippen molar-refractivity contribution in [2.45, 2.75) is 18.0 Å². The van der Waals surface area contributed by atoms with Crippen LogP contribution in [0.3, 0.4) is 0 Å². The molecule has 19 heavy (non-hydrogen) atoms. The van der Waals surface area contributed by atoms with Gasteiger partial charge < -0.3 is 10.2 Å². The monoisotopic (exact) mass is 300 g/mol. The largest absolute Gasteiger partial charge is 0.359 e. The maximum absolute atomic E-state index is 11.7. The van der Waals surface area contributed by atoms with Gasteiger partial charge in [0.25, 0.3) is 0 Å². The smallest absolute Gasteiger partial charge is 0.224 e. The van der Waals surface area contributed by atoms with Crippen LogP contribution >= 0.6 is 23.4 Å². The molecule has 1 aliphatic rings. The molecule has 1 amide bonds. The van der Waals surface area contributed by atoms with Gasteiger partial charge in [-0.2, -0.15) is 0 Å². The van der Waals surface area contributed by atoms with Crippen molar-refractivity contribution in [3.63, 3.8) is 0 Å². The number of halogens is 1. The number of anilines is 1. The quantitative estimate of drug-likeness (QED) is 0.524. The van der Waals surface area contributed by atoms with Crippen LogP contribution in [0.25, 0.3) is 0 Å². The fourth-order valence-corrected chi connectivity index (χ4v) is 2.84. The Bertz CT molecular complexity index is 471. The van der Waals surface area contributed by atoms with E-state index in [4.69, 9.17) is 11.6 Å². The molecule has 0 spiro atoms. The molecule has 2 heterocycles. The summed E-state index contributed by atoms with van der Waals surface area (Å²) < 4.78 is 0. The highest BCUT2D eigenvalue weighted by Gasteiger charge is 2.26. The van der Waals surface area contributed by atoms with Gasteiger partial charge in [-0.15, -0.1) is 0 Å². The van der Waals surface area contributed by atoms with Crippen molar-refractivity contribution in [3.05, 3.63) is 11.2 Å². The number of aromatic nitrogens is 2. The number of hydrogen-bond donors (Lipinski definition) is 1. The fraction of sp³-hybridized carbons (Fsp3) is 0.583. The molecule has 0 aromatic carbocycles. The first-order valence-electron chi connectivity index (χ1n) is 6.19. The van der Waals surface area contributed by atoms with Gasteiger partial charge in [-0.05, 0) is 19.1 Å². The standard InChI is InChI=1S/C12H17ClN4OS/c1-14-11(18)8-4-3-5-17(7-8)10-6-9(13)15-12(16-10)19-2/h6,8H,3-5,7H2,1-2H3,(H,14,18). The second-order valence-electron chi connectivity index (χ2n) is 4.43. The zero-order valence-corrected chi connectivity index (χ0v) is 12.6. The van der Waals surface area contributed by atoms with Crippen molar-refractivity contribution in [2.24, 2.45) is 5.92 Å². The van der Waals surface area contributed by atoms with Crippen LogP contribution in [0.2, 0.25) is 5.15 Å². The Morgan fingerprint density at radius 3 is 3.05 bits per heavy atom. The zero-order valence-electron chi connectivity index (χ0n) is 11.0. The molecule has 1 unspecified atom stereocenters. The van der Waals surface area contributed by atoms with Crippen molar-refractivity contribution in [3.8, 4) is 0 Å². The first-order chi connectivity index (χ1) is 9.13. The average molecular weight is 301 g/mol. The number of carbonyl (C=O) groups is 1. The Labute approximate surface area is 122 Å². The normalized spacial score (nSPS) is 19.3. The maximum Gasteiger partial charge on any atom is 0.224 e. The number of carbonyl (C=O) groups excluding carboxylic acids is 1. The Hall–Kier alpha value is -1.01. The summed E-state index contributed by atoms with van der Waals surface area (Å²) in [5.74, 6) is 0.915. The van der Waals surface area contributed by atoms with E-state index in [1.54, 1.807) is 13.1 Å². The molecular formula is C12H17ClN4OS. The van der Waals surface area contributed by atoms with Crippen LogP contribution in [0.4, 0.5) is 5.82 Å². The number of amides is 1. The summed E-state index contributed by atoms with van der Waals surface area (Å²) in [6.07, 6.45) is 3.82. The second kappa shape index (κ2) is 6.43. The fourth-order valence-electron chi connectivity index (χ4n) is 2.24. The van der Waals surface area contributed by atoms with Gasteiger partial charge in [0.1, 0.15) is 11.0 Å². The highest BCUT2D eigenvalue weighted by molar-refractivity contribution is 7.98. The lowest BCUT2D eigenvalue weighted by Gasteiger charge is -2.32. The molecule has 7 heteroatoms. The van der Waals surface area contributed by atoms with E-state index >= 15 is 0 Å². The van der Waals surface area contributed by atoms with Crippen molar-refractivity contribution >= 4 is 35.1 Å². The van der Waals surface area contributed by atoms with Crippen LogP contribution < -0.4 is 10.2 Å². The van der Waals surface area contributed by atoms with Gasteiger partial charge >= 0.3 is 0 Å². The Kier molecular flexibility index (Phi) is 4.87. The van der Waals surface area contributed by atoms with E-state index in [-0.39, 0.29) is 11.8 Å². The first kappa shape index (κ1) is 14.4. The van der Waals surface area contributed by atoms with Gasteiger partial charge in [0.05, 0.1) is 5.92 Å². The minimum atomic E-state index is 0.0187. The number of nitrogens with zero attached hydrogens (tertiary/aromatic N) is 3. The summed E-state index contributed by atoms with van der Waals surface area (Å²) >= 11 is 7.46. The summed E-state index contributed by atoms with van der Waals surface area (Å²) in [6.45, 7) is 1.58. The van der Waals surface area contributed by atoms with E-state index < -0.39 is 0 Å². The molecule has 104 valence electrons. The van der Waals surface area contributed by atoms with E-state index in [1.807, 2.05) is 6.26 Å². The van der Waals surface area contributed by atoms with E-state index in [0.29, 0.717) is 16.9 Å². The molecule has 1 saturated heterocycles. The second-order valence-corrected chi connectivity index (χ2v) is 5.60. The lowest BCUT2D eigenvalue weighted by Crippen LogP contribution is -2.42. The van der Waals surface area contributed by atoms with Crippen LogP contribution in [0.5, 0.6) is 0 Å². The van der Waals surface area contributed by atoms with Crippen LogP contribution in [0, 0.1) is 5.92 Å². The number of piperidine rings is 1. The number of nitrogens with one attached hydrogen (secondary N) is 1. The molecule has 0 aliphatic carbocycles. The molecule has 1 aromatic rings. The molecule has 5 nitrogen and oxygen atoms in total. The van der Waals surface area contributed by atoms with Gasteiger partial charge in [-0.1, -0.05) is 23.4 Å². The third kappa shape index (κ3) is 3.51. The molecule has 2 rings (SSSR count). The SMILES string of the molecule is CNC(=O)C1CCCN(c2cc(Cl)nc(SC)n2)C1.